The van der Waals surface area contributed by atoms with Gasteiger partial charge in [0.2, 0.25) is 11.2 Å². The summed E-state index contributed by atoms with van der Waals surface area (Å²) < 4.78 is 0. The van der Waals surface area contributed by atoms with Gasteiger partial charge in [0.25, 0.3) is 5.91 Å². The lowest BCUT2D eigenvalue weighted by Gasteiger charge is -2.50. The summed E-state index contributed by atoms with van der Waals surface area (Å²) in [5, 5.41) is 52.7. The Bertz CT molecular complexity index is 1210. The van der Waals surface area contributed by atoms with Crippen LogP contribution in [-0.2, 0) is 20.8 Å². The van der Waals surface area contributed by atoms with Crippen molar-refractivity contribution in [2.24, 2.45) is 17.6 Å². The molecule has 0 radical (unpaired) electrons. The molecule has 11 nitrogen and oxygen atoms in total. The number of Topliss-reactive ketones (excluding diaryl/α,β-unsaturated/α-hetero) is 2. The number of primary amides is 1. The highest BCUT2D eigenvalue weighted by Crippen LogP contribution is 2.53. The number of hydrogen-bond donors (Lipinski definition) is 5. The number of benzene rings is 1. The summed E-state index contributed by atoms with van der Waals surface area (Å²) in [6, 6.07) is 1.37. The normalized spacial score (nSPS) is 28.5. The van der Waals surface area contributed by atoms with Gasteiger partial charge in [0.05, 0.1) is 17.2 Å². The molecule has 4 atom stereocenters. The molecule has 3 aliphatic carbocycles. The number of fused-ring (bicyclic) bond motifs is 3. The zero-order valence-corrected chi connectivity index (χ0v) is 18.2. The average Bonchev–Trinajstić information content (AvgIpc) is 2.70. The van der Waals surface area contributed by atoms with Crippen LogP contribution < -0.4 is 5.73 Å². The summed E-state index contributed by atoms with van der Waals surface area (Å²) in [5.41, 5.74) is 1.70. The van der Waals surface area contributed by atoms with E-state index in [0.717, 1.165) is 0 Å². The summed E-state index contributed by atoms with van der Waals surface area (Å²) in [5.74, 6) is -7.24. The van der Waals surface area contributed by atoms with Gasteiger partial charge in [-0.15, -0.1) is 0 Å². The van der Waals surface area contributed by atoms with Crippen LogP contribution in [0.15, 0.2) is 29.0 Å². The second kappa shape index (κ2) is 7.68. The van der Waals surface area contributed by atoms with E-state index in [0.29, 0.717) is 0 Å². The summed E-state index contributed by atoms with van der Waals surface area (Å²) in [4.78, 5) is 43.0. The van der Waals surface area contributed by atoms with E-state index in [-0.39, 0.29) is 48.4 Å². The minimum absolute atomic E-state index is 0. The molecule has 3 aliphatic rings. The van der Waals surface area contributed by atoms with Crippen molar-refractivity contribution in [2.45, 2.75) is 24.5 Å². The number of phenols is 1. The number of aliphatic hydroxyl groups excluding tert-OH is 2. The standard InChI is InChI=1S/C21H20N4O7.CH3/c1-25(2)15-9-6-7-5-8-10(24-23)3-4-11(26)13(8)16(27)12(7)18(29)21(9,32)19(30)14(17(15)28)20(22)31;/h3-4,7,9,15,32H,5-6H2,1-2H3,(H4-,22,26,27,28,29,30,31);1H3/q;-1/p+1/t7-,9-,15-,21-;/m0./s1. The van der Waals surface area contributed by atoms with E-state index in [1.807, 2.05) is 0 Å². The number of carbonyl (C=O) groups is 3. The van der Waals surface area contributed by atoms with Crippen LogP contribution in [0.3, 0.4) is 0 Å². The van der Waals surface area contributed by atoms with Crippen molar-refractivity contribution in [3.8, 4) is 5.75 Å². The van der Waals surface area contributed by atoms with Gasteiger partial charge in [-0.25, -0.2) is 0 Å². The van der Waals surface area contributed by atoms with Crippen molar-refractivity contribution < 1.29 is 34.8 Å². The van der Waals surface area contributed by atoms with E-state index in [1.54, 1.807) is 0 Å². The Morgan fingerprint density at radius 3 is 2.42 bits per heavy atom. The molecule has 11 heteroatoms. The Balaban J connectivity index is 0.00000306. The van der Waals surface area contributed by atoms with Crippen LogP contribution >= 0.6 is 0 Å². The summed E-state index contributed by atoms with van der Waals surface area (Å²) in [7, 11) is 3.04. The Morgan fingerprint density at radius 1 is 1.24 bits per heavy atom. The number of aliphatic hydroxyl groups is 3. The maximum atomic E-state index is 13.6. The second-order valence-corrected chi connectivity index (χ2v) is 8.52. The number of nitrogens with zero attached hydrogens (tertiary/aromatic N) is 3. The van der Waals surface area contributed by atoms with Crippen LogP contribution in [0.5, 0.6) is 5.75 Å². The van der Waals surface area contributed by atoms with Gasteiger partial charge in [-0.2, -0.15) is 0 Å². The van der Waals surface area contributed by atoms with E-state index >= 15 is 0 Å². The number of diazo groups is 1. The van der Waals surface area contributed by atoms with E-state index in [2.05, 4.69) is 4.98 Å². The van der Waals surface area contributed by atoms with Gasteiger partial charge in [-0.1, -0.05) is 0 Å². The molecule has 0 saturated heterocycles. The molecular formula is C22H24N4O7. The number of hydrogen-bond acceptors (Lipinski definition) is 9. The Hall–Kier alpha value is -3.75. The summed E-state index contributed by atoms with van der Waals surface area (Å²) in [6.45, 7) is 0. The van der Waals surface area contributed by atoms with Crippen LogP contribution in [-0.4, -0.2) is 68.5 Å². The predicted molar refractivity (Wildman–Crippen MR) is 115 cm³/mol. The first-order valence-electron chi connectivity index (χ1n) is 9.81. The fraction of sp³-hybridized carbons (Fsp3) is 0.364. The zero-order chi connectivity index (χ0) is 23.7. The highest BCUT2D eigenvalue weighted by Gasteiger charge is 2.64. The molecule has 174 valence electrons. The van der Waals surface area contributed by atoms with Crippen LogP contribution in [0.25, 0.3) is 10.7 Å². The van der Waals surface area contributed by atoms with Gasteiger partial charge in [0, 0.05) is 17.6 Å². The molecular weight excluding hydrogens is 432 g/mol. The summed E-state index contributed by atoms with van der Waals surface area (Å²) >= 11 is 0. The molecule has 1 aromatic rings. The van der Waals surface area contributed by atoms with Crippen molar-refractivity contribution in [3.63, 3.8) is 0 Å². The molecule has 0 spiro atoms. The lowest BCUT2D eigenvalue weighted by molar-refractivity contribution is -0.153. The lowest BCUT2D eigenvalue weighted by Crippen LogP contribution is -2.65. The minimum atomic E-state index is -2.68. The number of amides is 1. The summed E-state index contributed by atoms with van der Waals surface area (Å²) in [6.07, 6.45) is 0.0224. The highest BCUT2D eigenvalue weighted by atomic mass is 16.3. The van der Waals surface area contributed by atoms with E-state index in [1.165, 1.54) is 31.1 Å². The first-order valence-corrected chi connectivity index (χ1v) is 9.81. The number of likely N-dealkylation sites (N-methyl/N-ethyl adjacent to an activating group) is 1. The van der Waals surface area contributed by atoms with Crippen molar-refractivity contribution in [3.05, 3.63) is 52.6 Å². The van der Waals surface area contributed by atoms with Gasteiger partial charge in [0.1, 0.15) is 22.8 Å². The van der Waals surface area contributed by atoms with Crippen LogP contribution in [0.4, 0.5) is 5.69 Å². The lowest BCUT2D eigenvalue weighted by atomic mass is 9.57. The molecule has 0 aromatic heterocycles. The smallest absolute Gasteiger partial charge is 0.389 e. The molecule has 4 rings (SSSR count). The third-order valence-corrected chi connectivity index (χ3v) is 6.69. The fourth-order valence-corrected chi connectivity index (χ4v) is 5.32. The van der Waals surface area contributed by atoms with E-state index < -0.39 is 58.0 Å². The topological polar surface area (TPSA) is 190 Å². The molecule has 1 amide bonds. The van der Waals surface area contributed by atoms with Crippen LogP contribution in [0, 0.1) is 24.7 Å². The van der Waals surface area contributed by atoms with Crippen molar-refractivity contribution in [1.82, 2.24) is 4.90 Å². The van der Waals surface area contributed by atoms with Crippen molar-refractivity contribution in [2.75, 3.05) is 14.1 Å². The molecule has 1 aromatic carbocycles. The Labute approximate surface area is 189 Å². The van der Waals surface area contributed by atoms with Gasteiger partial charge in [-0.3, -0.25) is 19.3 Å². The number of carbonyl (C=O) groups excluding carboxylic acids is 3. The number of rotatable bonds is 2. The Kier molecular flexibility index (Phi) is 5.57. The predicted octanol–water partition coefficient (Wildman–Crippen LogP) is 0.899. The molecule has 1 saturated carbocycles. The third-order valence-electron chi connectivity index (χ3n) is 6.69. The molecule has 0 bridgehead atoms. The average molecular weight is 456 g/mol. The van der Waals surface area contributed by atoms with E-state index in [9.17, 15) is 40.2 Å². The minimum Gasteiger partial charge on any atom is -0.508 e. The number of nitrogens with two attached hydrogens (primary N) is 1. The van der Waals surface area contributed by atoms with Gasteiger partial charge in [0.15, 0.2) is 16.4 Å². The maximum Gasteiger partial charge on any atom is 0.389 e. The molecule has 0 heterocycles. The number of aromatic hydroxyl groups is 1. The largest absolute Gasteiger partial charge is 0.508 e. The zero-order valence-electron chi connectivity index (χ0n) is 18.2. The molecule has 0 unspecified atom stereocenters. The maximum absolute atomic E-state index is 13.6. The van der Waals surface area contributed by atoms with E-state index in [4.69, 9.17) is 5.73 Å². The van der Waals surface area contributed by atoms with Gasteiger partial charge < -0.3 is 33.6 Å². The quantitative estimate of drug-likeness (QED) is 0.244. The number of phenolic OH excluding ortho intramolecular Hbond substituents is 1. The van der Waals surface area contributed by atoms with Gasteiger partial charge in [-0.05, 0) is 38.9 Å². The van der Waals surface area contributed by atoms with Crippen LogP contribution in [0.2, 0.25) is 0 Å². The molecule has 0 aliphatic heterocycles. The monoisotopic (exact) mass is 456 g/mol. The third kappa shape index (κ3) is 2.95. The number of ketones is 2. The SMILES string of the molecule is CN(C)[C@@H]1C(=O)C(C(N)=O)=C(O)[C@@]2(O)C(=O)C3=C(O)c4c(O)ccc([N+]#N)c4C[C@H]3C[C@@H]12.[CH3-]. The fourth-order valence-electron chi connectivity index (χ4n) is 5.32. The molecule has 33 heavy (non-hydrogen) atoms. The Morgan fingerprint density at radius 2 is 1.88 bits per heavy atom. The van der Waals surface area contributed by atoms with Crippen LogP contribution in [0.1, 0.15) is 17.5 Å². The highest BCUT2D eigenvalue weighted by molar-refractivity contribution is 6.24. The molecule has 6 N–H and O–H groups in total. The van der Waals surface area contributed by atoms with Crippen molar-refractivity contribution >= 4 is 28.9 Å². The van der Waals surface area contributed by atoms with Gasteiger partial charge >= 0.3 is 5.69 Å². The first kappa shape index (κ1) is 23.9. The molecule has 1 fully saturated rings. The second-order valence-electron chi connectivity index (χ2n) is 8.52. The van der Waals surface area contributed by atoms with Crippen molar-refractivity contribution in [1.29, 1.82) is 5.39 Å². The first-order chi connectivity index (χ1) is 15.0.